The lowest BCUT2D eigenvalue weighted by Crippen LogP contribution is -2.11. The molecule has 0 atom stereocenters. The zero-order valence-electron chi connectivity index (χ0n) is 20.9. The molecule has 0 unspecified atom stereocenters. The van der Waals surface area contributed by atoms with Crippen molar-refractivity contribution in [2.75, 3.05) is 4.90 Å². The van der Waals surface area contributed by atoms with Gasteiger partial charge in [-0.1, -0.05) is 84.9 Å². The smallest absolute Gasteiger partial charge is 0.227 e. The average Bonchev–Trinajstić information content (AvgIpc) is 3.60. The van der Waals surface area contributed by atoms with Crippen molar-refractivity contribution < 1.29 is 8.83 Å². The third-order valence-corrected chi connectivity index (χ3v) is 7.25. The van der Waals surface area contributed by atoms with Gasteiger partial charge in [0.05, 0.1) is 0 Å². The van der Waals surface area contributed by atoms with Crippen molar-refractivity contribution in [3.63, 3.8) is 0 Å². The monoisotopic (exact) mass is 502 g/mol. The number of para-hydroxylation sites is 2. The molecule has 6 aromatic carbocycles. The van der Waals surface area contributed by atoms with Crippen molar-refractivity contribution in [3.05, 3.63) is 133 Å². The first-order valence-corrected chi connectivity index (χ1v) is 13.0. The van der Waals surface area contributed by atoms with Crippen molar-refractivity contribution in [3.8, 4) is 11.5 Å². The Labute approximate surface area is 224 Å². The minimum atomic E-state index is 0.579. The van der Waals surface area contributed by atoms with Gasteiger partial charge in [-0.15, -0.1) is 0 Å². The zero-order valence-corrected chi connectivity index (χ0v) is 20.9. The molecule has 0 aliphatic carbocycles. The molecule has 2 heterocycles. The van der Waals surface area contributed by atoms with Gasteiger partial charge in [0.2, 0.25) is 5.89 Å². The SMILES string of the molecule is c1ccc(-c2nc3c(N(c4ccccc4)c4ccc5ccccc5c4)c4oc5ccccc5c4cc3o2)cc1. The number of furan rings is 1. The summed E-state index contributed by atoms with van der Waals surface area (Å²) in [5.74, 6) is 0.579. The van der Waals surface area contributed by atoms with Gasteiger partial charge in [-0.3, -0.25) is 0 Å². The van der Waals surface area contributed by atoms with Crippen LogP contribution in [0.15, 0.2) is 142 Å². The maximum Gasteiger partial charge on any atom is 0.227 e. The van der Waals surface area contributed by atoms with E-state index in [2.05, 4.69) is 83.8 Å². The third-order valence-electron chi connectivity index (χ3n) is 7.25. The molecule has 0 N–H and O–H groups in total. The number of hydrogen-bond donors (Lipinski definition) is 0. The summed E-state index contributed by atoms with van der Waals surface area (Å²) in [5.41, 5.74) is 6.86. The Morgan fingerprint density at radius 3 is 2.08 bits per heavy atom. The molecule has 0 spiro atoms. The van der Waals surface area contributed by atoms with Crippen LogP contribution in [0.25, 0.3) is 55.3 Å². The molecule has 184 valence electrons. The highest BCUT2D eigenvalue weighted by Gasteiger charge is 2.26. The summed E-state index contributed by atoms with van der Waals surface area (Å²) >= 11 is 0. The molecule has 4 heteroatoms. The van der Waals surface area contributed by atoms with Crippen LogP contribution in [0, 0.1) is 0 Å². The summed E-state index contributed by atoms with van der Waals surface area (Å²) in [7, 11) is 0. The van der Waals surface area contributed by atoms with Gasteiger partial charge in [-0.05, 0) is 59.3 Å². The Morgan fingerprint density at radius 1 is 0.513 bits per heavy atom. The minimum absolute atomic E-state index is 0.579. The Morgan fingerprint density at radius 2 is 1.23 bits per heavy atom. The molecule has 0 aliphatic rings. The maximum atomic E-state index is 6.59. The summed E-state index contributed by atoms with van der Waals surface area (Å²) in [6.07, 6.45) is 0. The van der Waals surface area contributed by atoms with Crippen molar-refractivity contribution >= 4 is 60.9 Å². The number of hydrogen-bond acceptors (Lipinski definition) is 4. The standard InChI is InChI=1S/C35H22N2O2/c1-3-12-24(13-4-1)35-36-32-31(39-35)22-29-28-17-9-10-18-30(28)38-34(29)33(32)37(26-15-5-2-6-16-26)27-20-19-23-11-7-8-14-25(23)21-27/h1-22H. The first-order valence-electron chi connectivity index (χ1n) is 13.0. The van der Waals surface area contributed by atoms with Gasteiger partial charge in [-0.2, -0.15) is 0 Å². The van der Waals surface area contributed by atoms with Crippen LogP contribution in [0.3, 0.4) is 0 Å². The van der Waals surface area contributed by atoms with Crippen LogP contribution < -0.4 is 4.90 Å². The maximum absolute atomic E-state index is 6.59. The van der Waals surface area contributed by atoms with Crippen molar-refractivity contribution in [2.24, 2.45) is 0 Å². The molecular formula is C35H22N2O2. The van der Waals surface area contributed by atoms with E-state index in [0.29, 0.717) is 11.5 Å². The van der Waals surface area contributed by atoms with E-state index in [1.165, 1.54) is 5.39 Å². The lowest BCUT2D eigenvalue weighted by Gasteiger charge is -2.26. The molecule has 2 aromatic heterocycles. The van der Waals surface area contributed by atoms with Crippen LogP contribution in [-0.2, 0) is 0 Å². The van der Waals surface area contributed by atoms with Gasteiger partial charge in [0.25, 0.3) is 0 Å². The van der Waals surface area contributed by atoms with Gasteiger partial charge in [0.15, 0.2) is 11.2 Å². The van der Waals surface area contributed by atoms with Gasteiger partial charge in [0, 0.05) is 27.7 Å². The molecular weight excluding hydrogens is 480 g/mol. The quantitative estimate of drug-likeness (QED) is 0.240. The highest BCUT2D eigenvalue weighted by Crippen LogP contribution is 2.47. The van der Waals surface area contributed by atoms with Crippen molar-refractivity contribution in [2.45, 2.75) is 0 Å². The highest BCUT2D eigenvalue weighted by atomic mass is 16.4. The number of anilines is 3. The second-order valence-corrected chi connectivity index (χ2v) is 9.63. The number of rotatable bonds is 4. The molecule has 39 heavy (non-hydrogen) atoms. The second-order valence-electron chi connectivity index (χ2n) is 9.63. The average molecular weight is 503 g/mol. The van der Waals surface area contributed by atoms with E-state index in [9.17, 15) is 0 Å². The Balaban J connectivity index is 1.50. The van der Waals surface area contributed by atoms with E-state index in [-0.39, 0.29) is 0 Å². The topological polar surface area (TPSA) is 42.4 Å². The molecule has 0 saturated carbocycles. The Bertz CT molecular complexity index is 2130. The second kappa shape index (κ2) is 8.61. The lowest BCUT2D eigenvalue weighted by molar-refractivity contribution is 0.620. The van der Waals surface area contributed by atoms with Crippen LogP contribution in [0.1, 0.15) is 0 Å². The summed E-state index contributed by atoms with van der Waals surface area (Å²) in [6.45, 7) is 0. The van der Waals surface area contributed by atoms with E-state index in [0.717, 1.165) is 55.5 Å². The molecule has 8 aromatic rings. The number of nitrogens with zero attached hydrogens (tertiary/aromatic N) is 2. The molecule has 0 fully saturated rings. The number of benzene rings is 6. The predicted octanol–water partition coefficient (Wildman–Crippen LogP) is 10.0. The summed E-state index contributed by atoms with van der Waals surface area (Å²) in [4.78, 5) is 7.30. The molecule has 0 amide bonds. The first kappa shape index (κ1) is 21.7. The molecule has 0 bridgehead atoms. The first-order chi connectivity index (χ1) is 19.3. The van der Waals surface area contributed by atoms with E-state index in [1.807, 2.05) is 54.6 Å². The summed E-state index contributed by atoms with van der Waals surface area (Å²) in [6, 6.07) is 45.5. The number of aromatic nitrogens is 1. The van der Waals surface area contributed by atoms with Crippen LogP contribution in [-0.4, -0.2) is 4.98 Å². The van der Waals surface area contributed by atoms with Crippen LogP contribution in [0.5, 0.6) is 0 Å². The lowest BCUT2D eigenvalue weighted by atomic mass is 10.1. The minimum Gasteiger partial charge on any atom is -0.454 e. The van der Waals surface area contributed by atoms with Crippen LogP contribution >= 0.6 is 0 Å². The van der Waals surface area contributed by atoms with Gasteiger partial charge in [-0.25, -0.2) is 4.98 Å². The highest BCUT2D eigenvalue weighted by molar-refractivity contribution is 6.17. The van der Waals surface area contributed by atoms with Gasteiger partial charge < -0.3 is 13.7 Å². The fourth-order valence-electron chi connectivity index (χ4n) is 5.43. The molecule has 8 rings (SSSR count). The molecule has 0 saturated heterocycles. The molecule has 0 radical (unpaired) electrons. The van der Waals surface area contributed by atoms with E-state index in [4.69, 9.17) is 13.8 Å². The van der Waals surface area contributed by atoms with Gasteiger partial charge in [0.1, 0.15) is 16.8 Å². The Kier molecular flexibility index (Phi) is 4.79. The van der Waals surface area contributed by atoms with E-state index < -0.39 is 0 Å². The summed E-state index contributed by atoms with van der Waals surface area (Å²) < 4.78 is 13.0. The number of oxazole rings is 1. The predicted molar refractivity (Wildman–Crippen MR) is 159 cm³/mol. The summed E-state index contributed by atoms with van der Waals surface area (Å²) in [5, 5.41) is 4.38. The van der Waals surface area contributed by atoms with Crippen molar-refractivity contribution in [1.29, 1.82) is 0 Å². The zero-order chi connectivity index (χ0) is 25.8. The van der Waals surface area contributed by atoms with Crippen molar-refractivity contribution in [1.82, 2.24) is 4.98 Å². The van der Waals surface area contributed by atoms with Crippen LogP contribution in [0.4, 0.5) is 17.1 Å². The van der Waals surface area contributed by atoms with Gasteiger partial charge >= 0.3 is 0 Å². The molecule has 4 nitrogen and oxygen atoms in total. The van der Waals surface area contributed by atoms with Crippen LogP contribution in [0.2, 0.25) is 0 Å². The number of fused-ring (bicyclic) bond motifs is 5. The van der Waals surface area contributed by atoms with E-state index in [1.54, 1.807) is 0 Å². The third kappa shape index (κ3) is 3.50. The fraction of sp³-hybridized carbons (Fsp3) is 0. The fourth-order valence-corrected chi connectivity index (χ4v) is 5.43. The Hall–Kier alpha value is -5.35. The largest absolute Gasteiger partial charge is 0.454 e. The van der Waals surface area contributed by atoms with E-state index >= 15 is 0 Å². The normalized spacial score (nSPS) is 11.6. The molecule has 0 aliphatic heterocycles.